The van der Waals surface area contributed by atoms with Crippen LogP contribution < -0.4 is 15.2 Å². The summed E-state index contributed by atoms with van der Waals surface area (Å²) in [6.07, 6.45) is 5.05. The number of fused-ring (bicyclic) bond motifs is 1. The molecule has 1 aromatic rings. The lowest BCUT2D eigenvalue weighted by Gasteiger charge is -2.31. The summed E-state index contributed by atoms with van der Waals surface area (Å²) >= 11 is 0. The summed E-state index contributed by atoms with van der Waals surface area (Å²) in [5.74, 6) is 1.55. The maximum Gasteiger partial charge on any atom is 0.127 e. The Hall–Kier alpha value is -1.26. The molecule has 104 valence electrons. The summed E-state index contributed by atoms with van der Waals surface area (Å²) in [5, 5.41) is 10.4. The zero-order chi connectivity index (χ0) is 13.3. The molecule has 1 unspecified atom stereocenters. The molecule has 4 nitrogen and oxygen atoms in total. The smallest absolute Gasteiger partial charge is 0.127 e. The fraction of sp³-hybridized carbons (Fsp3) is 0.600. The molecular formula is C15H21NO3. The lowest BCUT2D eigenvalue weighted by atomic mass is 9.85. The van der Waals surface area contributed by atoms with Gasteiger partial charge in [0.05, 0.1) is 11.6 Å². The highest BCUT2D eigenvalue weighted by Gasteiger charge is 2.30. The molecule has 3 N–H and O–H groups in total. The first-order chi connectivity index (χ1) is 9.16. The van der Waals surface area contributed by atoms with Gasteiger partial charge in [0.15, 0.2) is 0 Å². The Morgan fingerprint density at radius 2 is 2.11 bits per heavy atom. The summed E-state index contributed by atoms with van der Waals surface area (Å²) in [6, 6.07) is 5.69. The van der Waals surface area contributed by atoms with E-state index in [4.69, 9.17) is 15.2 Å². The first-order valence-corrected chi connectivity index (χ1v) is 7.04. The second-order valence-corrected chi connectivity index (χ2v) is 5.69. The quantitative estimate of drug-likeness (QED) is 0.877. The summed E-state index contributed by atoms with van der Waals surface area (Å²) in [4.78, 5) is 0. The fourth-order valence-electron chi connectivity index (χ4n) is 2.88. The van der Waals surface area contributed by atoms with Crippen LogP contribution in [0.5, 0.6) is 11.5 Å². The third-order valence-corrected chi connectivity index (χ3v) is 4.09. The van der Waals surface area contributed by atoms with Crippen LogP contribution in [0.25, 0.3) is 0 Å². The molecule has 19 heavy (non-hydrogen) atoms. The number of hydrogen-bond donors (Lipinski definition) is 2. The van der Waals surface area contributed by atoms with Crippen molar-refractivity contribution in [3.8, 4) is 11.5 Å². The van der Waals surface area contributed by atoms with E-state index in [-0.39, 0.29) is 6.04 Å². The van der Waals surface area contributed by atoms with Gasteiger partial charge in [-0.2, -0.15) is 0 Å². The minimum atomic E-state index is -0.658. The summed E-state index contributed by atoms with van der Waals surface area (Å²) in [7, 11) is 0. The molecule has 1 aromatic carbocycles. The van der Waals surface area contributed by atoms with Crippen LogP contribution in [0.3, 0.4) is 0 Å². The Balaban J connectivity index is 1.64. The highest BCUT2D eigenvalue weighted by atomic mass is 16.5. The van der Waals surface area contributed by atoms with Crippen LogP contribution in [0.1, 0.15) is 43.7 Å². The number of benzene rings is 1. The first-order valence-electron chi connectivity index (χ1n) is 7.04. The van der Waals surface area contributed by atoms with Crippen molar-refractivity contribution in [1.82, 2.24) is 0 Å². The lowest BCUT2D eigenvalue weighted by molar-refractivity contribution is -0.0339. The van der Waals surface area contributed by atoms with Crippen molar-refractivity contribution in [1.29, 1.82) is 0 Å². The predicted octanol–water partition coefficient (Wildman–Crippen LogP) is 2.15. The number of ether oxygens (including phenoxy) is 2. The minimum absolute atomic E-state index is 0.0356. The monoisotopic (exact) mass is 263 g/mol. The number of hydrogen-bond acceptors (Lipinski definition) is 4. The van der Waals surface area contributed by atoms with Crippen LogP contribution >= 0.6 is 0 Å². The second kappa shape index (κ2) is 5.02. The fourth-order valence-corrected chi connectivity index (χ4v) is 2.88. The molecule has 1 fully saturated rings. The van der Waals surface area contributed by atoms with Crippen molar-refractivity contribution >= 4 is 0 Å². The molecule has 0 radical (unpaired) electrons. The van der Waals surface area contributed by atoms with Crippen molar-refractivity contribution in [2.75, 3.05) is 13.2 Å². The highest BCUT2D eigenvalue weighted by Crippen LogP contribution is 2.35. The number of aliphatic hydroxyl groups is 1. The van der Waals surface area contributed by atoms with Crippen LogP contribution in [0.2, 0.25) is 0 Å². The Morgan fingerprint density at radius 3 is 2.89 bits per heavy atom. The Bertz CT molecular complexity index is 455. The van der Waals surface area contributed by atoms with Crippen molar-refractivity contribution in [3.63, 3.8) is 0 Å². The molecule has 0 amide bonds. The van der Waals surface area contributed by atoms with E-state index in [1.165, 1.54) is 6.42 Å². The Morgan fingerprint density at radius 1 is 1.32 bits per heavy atom. The Kier molecular flexibility index (Phi) is 3.37. The van der Waals surface area contributed by atoms with Gasteiger partial charge in [0, 0.05) is 11.6 Å². The van der Waals surface area contributed by atoms with Gasteiger partial charge >= 0.3 is 0 Å². The molecule has 0 saturated heterocycles. The average Bonchev–Trinajstić information content (AvgIpc) is 2.79. The second-order valence-electron chi connectivity index (χ2n) is 5.69. The molecule has 3 rings (SSSR count). The molecule has 1 saturated carbocycles. The molecule has 2 aliphatic rings. The third-order valence-electron chi connectivity index (χ3n) is 4.09. The highest BCUT2D eigenvalue weighted by molar-refractivity contribution is 5.44. The van der Waals surface area contributed by atoms with Crippen LogP contribution in [0.4, 0.5) is 0 Å². The summed E-state index contributed by atoms with van der Waals surface area (Å²) in [6.45, 7) is 0.889. The largest absolute Gasteiger partial charge is 0.491 e. The maximum atomic E-state index is 10.4. The van der Waals surface area contributed by atoms with E-state index in [1.807, 2.05) is 18.2 Å². The molecule has 1 atom stereocenters. The van der Waals surface area contributed by atoms with E-state index in [2.05, 4.69) is 0 Å². The van der Waals surface area contributed by atoms with E-state index in [0.29, 0.717) is 13.2 Å². The molecule has 0 aromatic heterocycles. The van der Waals surface area contributed by atoms with Gasteiger partial charge in [0.2, 0.25) is 0 Å². The van der Waals surface area contributed by atoms with Crippen molar-refractivity contribution < 1.29 is 14.6 Å². The van der Waals surface area contributed by atoms with Crippen molar-refractivity contribution in [3.05, 3.63) is 23.8 Å². The molecule has 0 spiro atoms. The predicted molar refractivity (Wildman–Crippen MR) is 72.4 cm³/mol. The first kappa shape index (κ1) is 12.8. The van der Waals surface area contributed by atoms with Gasteiger partial charge in [-0.05, 0) is 25.0 Å². The van der Waals surface area contributed by atoms with Crippen LogP contribution in [0.15, 0.2) is 18.2 Å². The minimum Gasteiger partial charge on any atom is -0.491 e. The van der Waals surface area contributed by atoms with Gasteiger partial charge in [-0.25, -0.2) is 0 Å². The molecule has 1 heterocycles. The molecular weight excluding hydrogens is 242 g/mol. The average molecular weight is 263 g/mol. The van der Waals surface area contributed by atoms with Gasteiger partial charge < -0.3 is 20.3 Å². The topological polar surface area (TPSA) is 64.7 Å². The van der Waals surface area contributed by atoms with Crippen molar-refractivity contribution in [2.45, 2.75) is 43.7 Å². The molecule has 1 aliphatic carbocycles. The molecule has 1 aliphatic heterocycles. The van der Waals surface area contributed by atoms with Gasteiger partial charge in [0.25, 0.3) is 0 Å². The van der Waals surface area contributed by atoms with Crippen LogP contribution in [-0.2, 0) is 0 Å². The van der Waals surface area contributed by atoms with E-state index < -0.39 is 5.60 Å². The molecule has 0 bridgehead atoms. The van der Waals surface area contributed by atoms with Gasteiger partial charge in [0.1, 0.15) is 24.7 Å². The maximum absolute atomic E-state index is 10.4. The molecule has 4 heteroatoms. The van der Waals surface area contributed by atoms with E-state index in [1.54, 1.807) is 0 Å². The SMILES string of the molecule is NC1COc2cc(OCC3(O)CCCCC3)ccc21. The van der Waals surface area contributed by atoms with Crippen LogP contribution in [0, 0.1) is 0 Å². The van der Waals surface area contributed by atoms with Crippen LogP contribution in [-0.4, -0.2) is 23.9 Å². The van der Waals surface area contributed by atoms with E-state index in [9.17, 15) is 5.11 Å². The summed E-state index contributed by atoms with van der Waals surface area (Å²) < 4.78 is 11.2. The van der Waals surface area contributed by atoms with Gasteiger partial charge in [-0.1, -0.05) is 19.3 Å². The third kappa shape index (κ3) is 2.69. The van der Waals surface area contributed by atoms with Gasteiger partial charge in [-0.15, -0.1) is 0 Å². The zero-order valence-electron chi connectivity index (χ0n) is 11.1. The summed E-state index contributed by atoms with van der Waals surface area (Å²) in [5.41, 5.74) is 6.28. The number of rotatable bonds is 3. The normalized spacial score (nSPS) is 24.6. The van der Waals surface area contributed by atoms with E-state index in [0.717, 1.165) is 42.7 Å². The standard InChI is InChI=1S/C15H21NO3/c16-13-9-18-14-8-11(4-5-12(13)14)19-10-15(17)6-2-1-3-7-15/h4-5,8,13,17H,1-3,6-7,9-10,16H2. The Labute approximate surface area is 113 Å². The number of nitrogens with two attached hydrogens (primary N) is 1. The zero-order valence-corrected chi connectivity index (χ0v) is 11.1. The van der Waals surface area contributed by atoms with Gasteiger partial charge in [-0.3, -0.25) is 0 Å². The lowest BCUT2D eigenvalue weighted by Crippen LogP contribution is -2.37. The van der Waals surface area contributed by atoms with E-state index >= 15 is 0 Å². The van der Waals surface area contributed by atoms with Crippen molar-refractivity contribution in [2.24, 2.45) is 5.73 Å².